The molecule has 0 bridgehead atoms. The number of rotatable bonds is 5. The van der Waals surface area contributed by atoms with Crippen LogP contribution in [0.15, 0.2) is 24.3 Å². The van der Waals surface area contributed by atoms with Gasteiger partial charge in [0.05, 0.1) is 13.2 Å². The van der Waals surface area contributed by atoms with Crippen LogP contribution in [-0.2, 0) is 4.84 Å². The fourth-order valence-electron chi connectivity index (χ4n) is 1.95. The lowest BCUT2D eigenvalue weighted by Crippen LogP contribution is -2.38. The maximum absolute atomic E-state index is 6.17. The van der Waals surface area contributed by atoms with Crippen molar-refractivity contribution in [2.75, 3.05) is 14.2 Å². The molecule has 0 aliphatic carbocycles. The molecule has 2 N–H and O–H groups in total. The minimum Gasteiger partial charge on any atom is -0.326 e. The van der Waals surface area contributed by atoms with E-state index in [1.165, 1.54) is 11.1 Å². The van der Waals surface area contributed by atoms with Gasteiger partial charge in [-0.15, -0.1) is 0 Å². The summed E-state index contributed by atoms with van der Waals surface area (Å²) in [5.74, 6) is 0. The van der Waals surface area contributed by atoms with Gasteiger partial charge in [0.15, 0.2) is 0 Å². The summed E-state index contributed by atoms with van der Waals surface area (Å²) in [7, 11) is 3.60. The Labute approximate surface area is 98.2 Å². The van der Waals surface area contributed by atoms with Crippen molar-refractivity contribution in [1.29, 1.82) is 0 Å². The standard InChI is InChI=1S/C13H22N2O/c1-5-12(14)13(15(3)16-4)11-9-7-6-8-10(11)2/h6-9,12-13H,5,14H2,1-4H3. The Kier molecular flexibility index (Phi) is 4.93. The lowest BCUT2D eigenvalue weighted by atomic mass is 9.94. The number of nitrogens with two attached hydrogens (primary N) is 1. The lowest BCUT2D eigenvalue weighted by Gasteiger charge is -2.31. The van der Waals surface area contributed by atoms with Gasteiger partial charge in [-0.2, -0.15) is 5.06 Å². The second-order valence-electron chi connectivity index (χ2n) is 4.10. The largest absolute Gasteiger partial charge is 0.326 e. The van der Waals surface area contributed by atoms with Crippen molar-refractivity contribution < 1.29 is 4.84 Å². The predicted molar refractivity (Wildman–Crippen MR) is 67.0 cm³/mol. The van der Waals surface area contributed by atoms with Crippen LogP contribution in [0, 0.1) is 6.92 Å². The van der Waals surface area contributed by atoms with Crippen LogP contribution in [0.2, 0.25) is 0 Å². The van der Waals surface area contributed by atoms with E-state index in [-0.39, 0.29) is 12.1 Å². The first kappa shape index (κ1) is 13.2. The van der Waals surface area contributed by atoms with Crippen molar-refractivity contribution in [1.82, 2.24) is 5.06 Å². The molecule has 0 heterocycles. The molecule has 0 saturated heterocycles. The average Bonchev–Trinajstić information content (AvgIpc) is 2.31. The lowest BCUT2D eigenvalue weighted by molar-refractivity contribution is -0.148. The van der Waals surface area contributed by atoms with E-state index in [1.807, 2.05) is 24.2 Å². The Hall–Kier alpha value is -0.900. The molecule has 0 fully saturated rings. The van der Waals surface area contributed by atoms with E-state index in [4.69, 9.17) is 10.6 Å². The van der Waals surface area contributed by atoms with Gasteiger partial charge in [-0.05, 0) is 24.5 Å². The first-order chi connectivity index (χ1) is 7.61. The maximum Gasteiger partial charge on any atom is 0.0752 e. The molecule has 3 nitrogen and oxygen atoms in total. The number of benzene rings is 1. The zero-order valence-electron chi connectivity index (χ0n) is 10.6. The summed E-state index contributed by atoms with van der Waals surface area (Å²) in [6.45, 7) is 4.20. The quantitative estimate of drug-likeness (QED) is 0.777. The van der Waals surface area contributed by atoms with Crippen LogP contribution >= 0.6 is 0 Å². The van der Waals surface area contributed by atoms with Gasteiger partial charge in [-0.1, -0.05) is 31.2 Å². The Balaban J connectivity index is 3.06. The summed E-state index contributed by atoms with van der Waals surface area (Å²) in [4.78, 5) is 5.30. The van der Waals surface area contributed by atoms with Crippen molar-refractivity contribution in [2.24, 2.45) is 5.73 Å². The molecular weight excluding hydrogens is 200 g/mol. The minimum atomic E-state index is 0.0750. The number of hydrogen-bond donors (Lipinski definition) is 1. The zero-order chi connectivity index (χ0) is 12.1. The second kappa shape index (κ2) is 5.99. The van der Waals surface area contributed by atoms with Gasteiger partial charge in [0.1, 0.15) is 0 Å². The number of hydrogen-bond acceptors (Lipinski definition) is 3. The molecule has 0 aliphatic heterocycles. The van der Waals surface area contributed by atoms with Crippen molar-refractivity contribution in [3.05, 3.63) is 35.4 Å². The normalized spacial score (nSPS) is 15.1. The second-order valence-corrected chi connectivity index (χ2v) is 4.10. The highest BCUT2D eigenvalue weighted by Crippen LogP contribution is 2.26. The molecule has 3 heteroatoms. The van der Waals surface area contributed by atoms with Crippen molar-refractivity contribution in [2.45, 2.75) is 32.4 Å². The monoisotopic (exact) mass is 222 g/mol. The van der Waals surface area contributed by atoms with Gasteiger partial charge in [-0.25, -0.2) is 0 Å². The van der Waals surface area contributed by atoms with E-state index in [2.05, 4.69) is 26.0 Å². The minimum absolute atomic E-state index is 0.0750. The molecule has 2 unspecified atom stereocenters. The molecule has 90 valence electrons. The molecule has 0 saturated carbocycles. The van der Waals surface area contributed by atoms with Gasteiger partial charge >= 0.3 is 0 Å². The summed E-state index contributed by atoms with van der Waals surface area (Å²) >= 11 is 0. The Bertz CT molecular complexity index is 317. The first-order valence-corrected chi connectivity index (χ1v) is 5.69. The molecule has 0 spiro atoms. The van der Waals surface area contributed by atoms with E-state index in [0.29, 0.717) is 0 Å². The number of nitrogens with zero attached hydrogens (tertiary/aromatic N) is 1. The first-order valence-electron chi connectivity index (χ1n) is 5.69. The summed E-state index contributed by atoms with van der Waals surface area (Å²) in [5.41, 5.74) is 8.66. The molecule has 0 radical (unpaired) electrons. The van der Waals surface area contributed by atoms with Crippen LogP contribution < -0.4 is 5.73 Å². The summed E-state index contributed by atoms with van der Waals surface area (Å²) < 4.78 is 0. The number of hydroxylamine groups is 2. The SMILES string of the molecule is CCC(N)C(c1ccccc1C)N(C)OC. The van der Waals surface area contributed by atoms with Crippen LogP contribution in [0.25, 0.3) is 0 Å². The van der Waals surface area contributed by atoms with Crippen LogP contribution in [0.1, 0.15) is 30.5 Å². The Morgan fingerprint density at radius 2 is 2.00 bits per heavy atom. The highest BCUT2D eigenvalue weighted by Gasteiger charge is 2.24. The van der Waals surface area contributed by atoms with Gasteiger partial charge in [0.2, 0.25) is 0 Å². The fourth-order valence-corrected chi connectivity index (χ4v) is 1.95. The van der Waals surface area contributed by atoms with Gasteiger partial charge in [0, 0.05) is 13.1 Å². The van der Waals surface area contributed by atoms with E-state index in [9.17, 15) is 0 Å². The van der Waals surface area contributed by atoms with E-state index < -0.39 is 0 Å². The molecule has 0 aromatic heterocycles. The van der Waals surface area contributed by atoms with Crippen molar-refractivity contribution in [3.63, 3.8) is 0 Å². The van der Waals surface area contributed by atoms with Gasteiger partial charge in [-0.3, -0.25) is 0 Å². The van der Waals surface area contributed by atoms with Crippen LogP contribution in [0.5, 0.6) is 0 Å². The van der Waals surface area contributed by atoms with Crippen LogP contribution in [0.4, 0.5) is 0 Å². The third kappa shape index (κ3) is 2.82. The van der Waals surface area contributed by atoms with E-state index >= 15 is 0 Å². The summed E-state index contributed by atoms with van der Waals surface area (Å²) in [6.07, 6.45) is 0.923. The third-order valence-electron chi connectivity index (χ3n) is 3.06. The summed E-state index contributed by atoms with van der Waals surface area (Å²) in [5, 5.41) is 1.83. The van der Waals surface area contributed by atoms with Crippen LogP contribution in [-0.4, -0.2) is 25.3 Å². The molecule has 16 heavy (non-hydrogen) atoms. The smallest absolute Gasteiger partial charge is 0.0752 e. The zero-order valence-corrected chi connectivity index (χ0v) is 10.6. The Morgan fingerprint density at radius 3 is 2.50 bits per heavy atom. The molecular formula is C13H22N2O. The third-order valence-corrected chi connectivity index (χ3v) is 3.06. The molecule has 2 atom stereocenters. The Morgan fingerprint density at radius 1 is 1.38 bits per heavy atom. The number of aryl methyl sites for hydroxylation is 1. The van der Waals surface area contributed by atoms with E-state index in [1.54, 1.807) is 7.11 Å². The predicted octanol–water partition coefficient (Wildman–Crippen LogP) is 2.27. The van der Waals surface area contributed by atoms with E-state index in [0.717, 1.165) is 6.42 Å². The molecule has 0 amide bonds. The highest BCUT2D eigenvalue weighted by molar-refractivity contribution is 5.29. The summed E-state index contributed by atoms with van der Waals surface area (Å²) in [6, 6.07) is 8.49. The van der Waals surface area contributed by atoms with Crippen molar-refractivity contribution in [3.8, 4) is 0 Å². The molecule has 1 rings (SSSR count). The molecule has 0 aliphatic rings. The molecule has 1 aromatic rings. The topological polar surface area (TPSA) is 38.5 Å². The van der Waals surface area contributed by atoms with Gasteiger partial charge in [0.25, 0.3) is 0 Å². The number of likely N-dealkylation sites (N-methyl/N-ethyl adjacent to an activating group) is 1. The van der Waals surface area contributed by atoms with Gasteiger partial charge < -0.3 is 10.6 Å². The molecule has 1 aromatic carbocycles. The fraction of sp³-hybridized carbons (Fsp3) is 0.538. The van der Waals surface area contributed by atoms with Crippen LogP contribution in [0.3, 0.4) is 0 Å². The highest BCUT2D eigenvalue weighted by atomic mass is 16.7. The van der Waals surface area contributed by atoms with Crippen molar-refractivity contribution >= 4 is 0 Å². The average molecular weight is 222 g/mol. The maximum atomic E-state index is 6.17.